The molecule has 0 aromatic heterocycles. The summed E-state index contributed by atoms with van der Waals surface area (Å²) in [5.74, 6) is -1.20. The van der Waals surface area contributed by atoms with E-state index in [1.165, 1.54) is 0 Å². The first-order valence-electron chi connectivity index (χ1n) is 8.48. The summed E-state index contributed by atoms with van der Waals surface area (Å²) in [6.45, 7) is 3.94. The Morgan fingerprint density at radius 3 is 1.96 bits per heavy atom. The van der Waals surface area contributed by atoms with E-state index < -0.39 is 11.4 Å². The molecule has 4 heteroatoms. The van der Waals surface area contributed by atoms with Gasteiger partial charge in [-0.15, -0.1) is 0 Å². The van der Waals surface area contributed by atoms with Crippen molar-refractivity contribution in [3.63, 3.8) is 0 Å². The fraction of sp³-hybridized carbons (Fsp3) is 0.286. The second-order valence-corrected chi connectivity index (χ2v) is 6.14. The number of benzene rings is 2. The smallest absolute Gasteiger partial charge is 0.307 e. The zero-order chi connectivity index (χ0) is 18.0. The first-order chi connectivity index (χ1) is 12.0. The van der Waals surface area contributed by atoms with Crippen molar-refractivity contribution in [2.45, 2.75) is 32.1 Å². The van der Waals surface area contributed by atoms with Crippen LogP contribution in [0, 0.1) is 0 Å². The van der Waals surface area contributed by atoms with E-state index in [1.807, 2.05) is 19.1 Å². The van der Waals surface area contributed by atoms with Gasteiger partial charge in [-0.2, -0.15) is 0 Å². The van der Waals surface area contributed by atoms with Crippen LogP contribution in [0.3, 0.4) is 0 Å². The molecule has 0 amide bonds. The van der Waals surface area contributed by atoms with Crippen LogP contribution in [0.15, 0.2) is 48.5 Å². The van der Waals surface area contributed by atoms with Gasteiger partial charge in [0.15, 0.2) is 11.6 Å². The fourth-order valence-corrected chi connectivity index (χ4v) is 3.42. The van der Waals surface area contributed by atoms with E-state index in [9.17, 15) is 14.4 Å². The highest BCUT2D eigenvalue weighted by Crippen LogP contribution is 2.42. The third-order valence-corrected chi connectivity index (χ3v) is 4.76. The molecule has 0 radical (unpaired) electrons. The average Bonchev–Trinajstić information content (AvgIpc) is 2.85. The largest absolute Gasteiger partial charge is 0.466 e. The fourth-order valence-electron chi connectivity index (χ4n) is 3.42. The van der Waals surface area contributed by atoms with E-state index in [0.717, 1.165) is 12.0 Å². The summed E-state index contributed by atoms with van der Waals surface area (Å²) in [6.07, 6.45) is 0.575. The quantitative estimate of drug-likeness (QED) is 0.619. The number of hydrogen-bond acceptors (Lipinski definition) is 4. The van der Waals surface area contributed by atoms with Crippen molar-refractivity contribution >= 4 is 17.5 Å². The predicted octanol–water partition coefficient (Wildman–Crippen LogP) is 3.52. The Hall–Kier alpha value is -2.75. The Kier molecular flexibility index (Phi) is 4.53. The van der Waals surface area contributed by atoms with Gasteiger partial charge in [0.1, 0.15) is 5.41 Å². The number of rotatable bonds is 5. The van der Waals surface area contributed by atoms with Gasteiger partial charge in [-0.3, -0.25) is 14.4 Å². The highest BCUT2D eigenvalue weighted by atomic mass is 16.5. The number of fused-ring (bicyclic) bond motifs is 1. The number of carbonyl (C=O) groups is 3. The highest BCUT2D eigenvalue weighted by Gasteiger charge is 2.55. The number of carbonyl (C=O) groups excluding carboxylic acids is 3. The first kappa shape index (κ1) is 17.1. The van der Waals surface area contributed by atoms with Gasteiger partial charge in [0.05, 0.1) is 13.0 Å². The second kappa shape index (κ2) is 6.63. The van der Waals surface area contributed by atoms with Crippen molar-refractivity contribution in [3.05, 3.63) is 70.8 Å². The van der Waals surface area contributed by atoms with Crippen LogP contribution < -0.4 is 0 Å². The first-order valence-corrected chi connectivity index (χ1v) is 8.48. The van der Waals surface area contributed by atoms with Crippen molar-refractivity contribution in [3.8, 4) is 0 Å². The molecule has 0 saturated carbocycles. The van der Waals surface area contributed by atoms with Gasteiger partial charge in [-0.1, -0.05) is 55.5 Å². The number of hydrogen-bond donors (Lipinski definition) is 0. The third-order valence-electron chi connectivity index (χ3n) is 4.76. The van der Waals surface area contributed by atoms with Gasteiger partial charge in [-0.25, -0.2) is 0 Å². The van der Waals surface area contributed by atoms with Crippen molar-refractivity contribution in [1.82, 2.24) is 0 Å². The molecule has 128 valence electrons. The van der Waals surface area contributed by atoms with Crippen LogP contribution in [-0.2, 0) is 21.4 Å². The molecule has 3 rings (SSSR count). The van der Waals surface area contributed by atoms with E-state index in [4.69, 9.17) is 4.74 Å². The number of aryl methyl sites for hydroxylation is 1. The minimum absolute atomic E-state index is 0.207. The van der Waals surface area contributed by atoms with Crippen LogP contribution in [0.25, 0.3) is 0 Å². The number of ketones is 2. The highest BCUT2D eigenvalue weighted by molar-refractivity contribution is 6.34. The van der Waals surface area contributed by atoms with E-state index in [1.54, 1.807) is 43.3 Å². The summed E-state index contributed by atoms with van der Waals surface area (Å²) in [5.41, 5.74) is 0.865. The molecule has 0 aliphatic heterocycles. The molecule has 0 unspecified atom stereocenters. The van der Waals surface area contributed by atoms with Gasteiger partial charge in [0.25, 0.3) is 0 Å². The van der Waals surface area contributed by atoms with E-state index >= 15 is 0 Å². The topological polar surface area (TPSA) is 60.4 Å². The van der Waals surface area contributed by atoms with Crippen molar-refractivity contribution in [2.24, 2.45) is 0 Å². The third kappa shape index (κ3) is 2.68. The summed E-state index contributed by atoms with van der Waals surface area (Å²) < 4.78 is 5.05. The minimum Gasteiger partial charge on any atom is -0.466 e. The van der Waals surface area contributed by atoms with Crippen LogP contribution in [0.2, 0.25) is 0 Å². The van der Waals surface area contributed by atoms with Crippen LogP contribution in [0.4, 0.5) is 0 Å². The van der Waals surface area contributed by atoms with Gasteiger partial charge in [0, 0.05) is 11.1 Å². The molecule has 0 heterocycles. The molecule has 1 aliphatic carbocycles. The Labute approximate surface area is 146 Å². The molecule has 0 spiro atoms. The predicted molar refractivity (Wildman–Crippen MR) is 93.9 cm³/mol. The Morgan fingerprint density at radius 1 is 0.920 bits per heavy atom. The van der Waals surface area contributed by atoms with Crippen LogP contribution in [-0.4, -0.2) is 24.1 Å². The summed E-state index contributed by atoms with van der Waals surface area (Å²) in [4.78, 5) is 38.6. The number of esters is 1. The molecule has 0 fully saturated rings. The van der Waals surface area contributed by atoms with Crippen molar-refractivity contribution < 1.29 is 19.1 Å². The lowest BCUT2D eigenvalue weighted by Gasteiger charge is -2.25. The molecule has 0 N–H and O–H groups in total. The molecule has 0 atom stereocenters. The maximum absolute atomic E-state index is 13.2. The Bertz CT molecular complexity index is 798. The Balaban J connectivity index is 2.15. The van der Waals surface area contributed by atoms with Crippen LogP contribution >= 0.6 is 0 Å². The molecular formula is C21H20O4. The Morgan fingerprint density at radius 2 is 1.48 bits per heavy atom. The average molecular weight is 336 g/mol. The molecule has 0 bridgehead atoms. The maximum atomic E-state index is 13.2. The summed E-state index contributed by atoms with van der Waals surface area (Å²) in [6, 6.07) is 14.1. The van der Waals surface area contributed by atoms with Crippen molar-refractivity contribution in [1.29, 1.82) is 0 Å². The lowest BCUT2D eigenvalue weighted by Crippen LogP contribution is -2.41. The van der Waals surface area contributed by atoms with Gasteiger partial charge in [0.2, 0.25) is 0 Å². The number of ether oxygens (including phenoxy) is 1. The molecule has 2 aromatic carbocycles. The van der Waals surface area contributed by atoms with Crippen molar-refractivity contribution in [2.75, 3.05) is 6.61 Å². The molecule has 4 nitrogen and oxygen atoms in total. The monoisotopic (exact) mass is 336 g/mol. The summed E-state index contributed by atoms with van der Waals surface area (Å²) in [5, 5.41) is 0. The van der Waals surface area contributed by atoms with Gasteiger partial charge < -0.3 is 4.74 Å². The molecule has 25 heavy (non-hydrogen) atoms. The lowest BCUT2D eigenvalue weighted by molar-refractivity contribution is -0.143. The standard InChI is InChI=1S/C21H20O4/c1-3-14-9-11-15(12-10-14)21(13-18(22)25-4-2)19(23)16-7-5-6-8-17(16)20(21)24/h5-12H,3-4,13H2,1-2H3. The molecule has 0 saturated heterocycles. The zero-order valence-electron chi connectivity index (χ0n) is 14.4. The van der Waals surface area contributed by atoms with E-state index in [0.29, 0.717) is 16.7 Å². The minimum atomic E-state index is -1.53. The normalized spacial score (nSPS) is 15.1. The van der Waals surface area contributed by atoms with Gasteiger partial charge in [-0.05, 0) is 24.5 Å². The zero-order valence-corrected chi connectivity index (χ0v) is 14.4. The van der Waals surface area contributed by atoms with E-state index in [-0.39, 0.29) is 24.6 Å². The molecule has 2 aromatic rings. The van der Waals surface area contributed by atoms with E-state index in [2.05, 4.69) is 0 Å². The van der Waals surface area contributed by atoms with Gasteiger partial charge >= 0.3 is 5.97 Å². The molecular weight excluding hydrogens is 316 g/mol. The molecule has 1 aliphatic rings. The second-order valence-electron chi connectivity index (χ2n) is 6.14. The maximum Gasteiger partial charge on any atom is 0.307 e. The lowest BCUT2D eigenvalue weighted by atomic mass is 9.73. The summed E-state index contributed by atoms with van der Waals surface area (Å²) in [7, 11) is 0. The SMILES string of the molecule is CCOC(=O)CC1(c2ccc(CC)cc2)C(=O)c2ccccc2C1=O. The summed E-state index contributed by atoms with van der Waals surface area (Å²) >= 11 is 0. The number of Topliss-reactive ketones (excluding diaryl/α,β-unsaturated/α-hetero) is 2. The van der Waals surface area contributed by atoms with Crippen LogP contribution in [0.5, 0.6) is 0 Å². The van der Waals surface area contributed by atoms with Crippen LogP contribution in [0.1, 0.15) is 52.1 Å².